The van der Waals surface area contributed by atoms with E-state index in [1.165, 1.54) is 0 Å². The lowest BCUT2D eigenvalue weighted by Gasteiger charge is -2.20. The van der Waals surface area contributed by atoms with Crippen LogP contribution in [-0.2, 0) is 0 Å². The Hall–Kier alpha value is -1.30. The van der Waals surface area contributed by atoms with Gasteiger partial charge in [0, 0.05) is 6.54 Å². The topological polar surface area (TPSA) is 71.0 Å². The van der Waals surface area contributed by atoms with Crippen molar-refractivity contribution >= 4 is 0 Å². The smallest absolute Gasteiger partial charge is 0.161 e. The molecule has 3 N–H and O–H groups in total. The number of hydrogen-bond acceptors (Lipinski definition) is 5. The zero-order chi connectivity index (χ0) is 14.4. The van der Waals surface area contributed by atoms with Gasteiger partial charge in [0.1, 0.15) is 13.2 Å². The fraction of sp³-hybridized carbons (Fsp3) is 0.600. The fourth-order valence-corrected chi connectivity index (χ4v) is 2.10. The second-order valence-electron chi connectivity index (χ2n) is 4.97. The molecule has 1 aliphatic heterocycles. The molecule has 2 atom stereocenters. The van der Waals surface area contributed by atoms with Crippen molar-refractivity contribution < 1.29 is 19.7 Å². The summed E-state index contributed by atoms with van der Waals surface area (Å²) in [5, 5.41) is 22.7. The maximum atomic E-state index is 10.1. The molecule has 1 aromatic rings. The molecule has 0 saturated heterocycles. The standard InChI is InChI=1S/C15H23NO4/c1-2-12(17)5-6-16-10-13(18)11-3-4-14-15(9-11)20-8-7-19-14/h3-4,9,12-13,16-18H,2,5-8,10H2,1H3. The SMILES string of the molecule is CCC(O)CCNCC(O)c1ccc2c(c1)OCCO2. The van der Waals surface area contributed by atoms with Crippen molar-refractivity contribution in [2.24, 2.45) is 0 Å². The van der Waals surface area contributed by atoms with Crippen molar-refractivity contribution in [2.45, 2.75) is 32.0 Å². The van der Waals surface area contributed by atoms with Crippen LogP contribution in [0.5, 0.6) is 11.5 Å². The Kier molecular flexibility index (Phi) is 5.64. The van der Waals surface area contributed by atoms with Gasteiger partial charge in [-0.15, -0.1) is 0 Å². The zero-order valence-electron chi connectivity index (χ0n) is 11.8. The molecule has 0 bridgehead atoms. The van der Waals surface area contributed by atoms with E-state index < -0.39 is 6.10 Å². The first-order valence-corrected chi connectivity index (χ1v) is 7.17. The summed E-state index contributed by atoms with van der Waals surface area (Å²) >= 11 is 0. The van der Waals surface area contributed by atoms with Gasteiger partial charge in [-0.25, -0.2) is 0 Å². The minimum Gasteiger partial charge on any atom is -0.486 e. The lowest BCUT2D eigenvalue weighted by Crippen LogP contribution is -2.25. The molecule has 0 aliphatic carbocycles. The first-order valence-electron chi connectivity index (χ1n) is 7.17. The number of nitrogens with one attached hydrogen (secondary N) is 1. The molecule has 0 amide bonds. The molecule has 2 unspecified atom stereocenters. The first-order chi connectivity index (χ1) is 9.70. The predicted molar refractivity (Wildman–Crippen MR) is 76.2 cm³/mol. The summed E-state index contributed by atoms with van der Waals surface area (Å²) in [6.45, 7) is 4.21. The molecule has 5 heteroatoms. The Labute approximate surface area is 119 Å². The summed E-state index contributed by atoms with van der Waals surface area (Å²) < 4.78 is 10.9. The van der Waals surface area contributed by atoms with Crippen molar-refractivity contribution in [1.29, 1.82) is 0 Å². The lowest BCUT2D eigenvalue weighted by molar-refractivity contribution is 0.148. The quantitative estimate of drug-likeness (QED) is 0.656. The molecule has 5 nitrogen and oxygen atoms in total. The highest BCUT2D eigenvalue weighted by Gasteiger charge is 2.15. The maximum Gasteiger partial charge on any atom is 0.161 e. The second-order valence-corrected chi connectivity index (χ2v) is 4.97. The minimum atomic E-state index is -0.593. The van der Waals surface area contributed by atoms with Crippen molar-refractivity contribution in [3.05, 3.63) is 23.8 Å². The van der Waals surface area contributed by atoms with Crippen molar-refractivity contribution in [3.63, 3.8) is 0 Å². The highest BCUT2D eigenvalue weighted by atomic mass is 16.6. The van der Waals surface area contributed by atoms with Crippen LogP contribution < -0.4 is 14.8 Å². The van der Waals surface area contributed by atoms with Crippen LogP contribution in [0.2, 0.25) is 0 Å². The van der Waals surface area contributed by atoms with Gasteiger partial charge in [-0.2, -0.15) is 0 Å². The van der Waals surface area contributed by atoms with Crippen molar-refractivity contribution in [3.8, 4) is 11.5 Å². The molecule has 0 aromatic heterocycles. The average Bonchev–Trinajstić information content (AvgIpc) is 2.50. The van der Waals surface area contributed by atoms with E-state index in [9.17, 15) is 10.2 Å². The zero-order valence-corrected chi connectivity index (χ0v) is 11.8. The number of rotatable bonds is 7. The molecule has 112 valence electrons. The molecule has 1 aliphatic rings. The summed E-state index contributed by atoms with van der Waals surface area (Å²) in [6, 6.07) is 5.50. The Morgan fingerprint density at radius 2 is 1.95 bits per heavy atom. The summed E-state index contributed by atoms with van der Waals surface area (Å²) in [5.41, 5.74) is 0.804. The Morgan fingerprint density at radius 1 is 1.20 bits per heavy atom. The van der Waals surface area contributed by atoms with Gasteiger partial charge >= 0.3 is 0 Å². The normalized spacial score (nSPS) is 16.8. The van der Waals surface area contributed by atoms with Crippen LogP contribution in [0, 0.1) is 0 Å². The van der Waals surface area contributed by atoms with Gasteiger partial charge in [-0.05, 0) is 37.1 Å². The largest absolute Gasteiger partial charge is 0.486 e. The van der Waals surface area contributed by atoms with Crippen molar-refractivity contribution in [2.75, 3.05) is 26.3 Å². The molecular formula is C15H23NO4. The van der Waals surface area contributed by atoms with Crippen LogP contribution in [0.15, 0.2) is 18.2 Å². The molecule has 2 rings (SSSR count). The highest BCUT2D eigenvalue weighted by molar-refractivity contribution is 5.44. The third kappa shape index (κ3) is 4.10. The molecule has 0 fully saturated rings. The van der Waals surface area contributed by atoms with E-state index in [1.807, 2.05) is 25.1 Å². The van der Waals surface area contributed by atoms with Gasteiger partial charge in [-0.3, -0.25) is 0 Å². The average molecular weight is 281 g/mol. The van der Waals surface area contributed by atoms with Gasteiger partial charge in [0.25, 0.3) is 0 Å². The molecule has 0 saturated carbocycles. The number of ether oxygens (including phenoxy) is 2. The Balaban J connectivity index is 1.81. The Bertz CT molecular complexity index is 424. The van der Waals surface area contributed by atoms with Gasteiger partial charge < -0.3 is 25.0 Å². The van der Waals surface area contributed by atoms with E-state index in [-0.39, 0.29) is 6.10 Å². The molecule has 0 radical (unpaired) electrons. The van der Waals surface area contributed by atoms with E-state index in [0.29, 0.717) is 38.5 Å². The summed E-state index contributed by atoms with van der Waals surface area (Å²) in [6.07, 6.45) is 0.593. The fourth-order valence-electron chi connectivity index (χ4n) is 2.10. The second kappa shape index (κ2) is 7.47. The van der Waals surface area contributed by atoms with Crippen LogP contribution in [0.4, 0.5) is 0 Å². The van der Waals surface area contributed by atoms with Crippen LogP contribution >= 0.6 is 0 Å². The lowest BCUT2D eigenvalue weighted by atomic mass is 10.1. The molecule has 0 spiro atoms. The number of aliphatic hydroxyl groups excluding tert-OH is 2. The minimum absolute atomic E-state index is 0.270. The van der Waals surface area contributed by atoms with E-state index in [1.54, 1.807) is 0 Å². The monoisotopic (exact) mass is 281 g/mol. The van der Waals surface area contributed by atoms with Gasteiger partial charge in [0.2, 0.25) is 0 Å². The number of hydrogen-bond donors (Lipinski definition) is 3. The van der Waals surface area contributed by atoms with E-state index in [4.69, 9.17) is 9.47 Å². The van der Waals surface area contributed by atoms with E-state index in [2.05, 4.69) is 5.32 Å². The first kappa shape index (κ1) is 15.1. The maximum absolute atomic E-state index is 10.1. The molecule has 1 aromatic carbocycles. The number of benzene rings is 1. The summed E-state index contributed by atoms with van der Waals surface area (Å²) in [5.74, 6) is 1.42. The molecule has 1 heterocycles. The van der Waals surface area contributed by atoms with Crippen LogP contribution in [0.3, 0.4) is 0 Å². The van der Waals surface area contributed by atoms with Crippen molar-refractivity contribution in [1.82, 2.24) is 5.32 Å². The number of fused-ring (bicyclic) bond motifs is 1. The van der Waals surface area contributed by atoms with Gasteiger partial charge in [0.15, 0.2) is 11.5 Å². The Morgan fingerprint density at radius 3 is 2.70 bits per heavy atom. The highest BCUT2D eigenvalue weighted by Crippen LogP contribution is 2.32. The van der Waals surface area contributed by atoms with Crippen LogP contribution in [0.1, 0.15) is 31.4 Å². The molecule has 20 heavy (non-hydrogen) atoms. The third-order valence-electron chi connectivity index (χ3n) is 3.41. The van der Waals surface area contributed by atoms with Crippen LogP contribution in [0.25, 0.3) is 0 Å². The molecular weight excluding hydrogens is 258 g/mol. The number of aliphatic hydroxyl groups is 2. The summed E-state index contributed by atoms with van der Waals surface area (Å²) in [4.78, 5) is 0. The van der Waals surface area contributed by atoms with E-state index in [0.717, 1.165) is 17.7 Å². The predicted octanol–water partition coefficient (Wildman–Crippen LogP) is 1.24. The summed E-state index contributed by atoms with van der Waals surface area (Å²) in [7, 11) is 0. The van der Waals surface area contributed by atoms with Crippen LogP contribution in [-0.4, -0.2) is 42.6 Å². The van der Waals surface area contributed by atoms with Gasteiger partial charge in [-0.1, -0.05) is 13.0 Å². The van der Waals surface area contributed by atoms with Gasteiger partial charge in [0.05, 0.1) is 12.2 Å². The third-order valence-corrected chi connectivity index (χ3v) is 3.41. The van der Waals surface area contributed by atoms with E-state index >= 15 is 0 Å².